The van der Waals surface area contributed by atoms with Crippen LogP contribution in [0.4, 0.5) is 5.13 Å². The molecule has 1 atom stereocenters. The van der Waals surface area contributed by atoms with E-state index in [9.17, 15) is 4.79 Å². The summed E-state index contributed by atoms with van der Waals surface area (Å²) in [7, 11) is 0. The molecule has 0 saturated heterocycles. The normalized spacial score (nSPS) is 12.1. The second-order valence-electron chi connectivity index (χ2n) is 6.63. The van der Waals surface area contributed by atoms with Crippen molar-refractivity contribution in [3.8, 4) is 5.75 Å². The van der Waals surface area contributed by atoms with E-state index in [2.05, 4.69) is 20.5 Å². The molecule has 160 valence electrons. The number of carbonyl (C=O) groups is 1. The average molecular weight is 474 g/mol. The zero-order chi connectivity index (χ0) is 21.8. The van der Waals surface area contributed by atoms with Gasteiger partial charge in [-0.05, 0) is 44.2 Å². The van der Waals surface area contributed by atoms with Gasteiger partial charge < -0.3 is 14.6 Å². The number of hydrogen-bond donors (Lipinski definition) is 1. The molecule has 0 aliphatic carbocycles. The van der Waals surface area contributed by atoms with Crippen LogP contribution in [0.15, 0.2) is 53.7 Å². The highest BCUT2D eigenvalue weighted by molar-refractivity contribution is 7.99. The topological polar surface area (TPSA) is 81.9 Å². The Morgan fingerprint density at radius 1 is 1.26 bits per heavy atom. The van der Waals surface area contributed by atoms with Gasteiger partial charge in [0.15, 0.2) is 22.2 Å². The lowest BCUT2D eigenvalue weighted by Gasteiger charge is -2.15. The van der Waals surface area contributed by atoms with Crippen molar-refractivity contribution < 1.29 is 9.53 Å². The molecule has 2 heterocycles. The summed E-state index contributed by atoms with van der Waals surface area (Å²) in [4.78, 5) is 16.8. The van der Waals surface area contributed by atoms with Gasteiger partial charge in [-0.2, -0.15) is 0 Å². The quantitative estimate of drug-likeness (QED) is 0.343. The number of halogens is 1. The Balaban J connectivity index is 1.39. The molecule has 4 aromatic rings. The highest BCUT2D eigenvalue weighted by atomic mass is 35.5. The molecule has 1 N–H and O–H groups in total. The third-order valence-electron chi connectivity index (χ3n) is 4.41. The van der Waals surface area contributed by atoms with Crippen molar-refractivity contribution in [3.63, 3.8) is 0 Å². The molecule has 0 aliphatic rings. The fraction of sp³-hybridized carbons (Fsp3) is 0.238. The van der Waals surface area contributed by atoms with E-state index in [0.717, 1.165) is 10.2 Å². The zero-order valence-electron chi connectivity index (χ0n) is 16.9. The maximum absolute atomic E-state index is 12.4. The number of aromatic nitrogens is 4. The van der Waals surface area contributed by atoms with Gasteiger partial charge in [-0.25, -0.2) is 4.98 Å². The number of rotatable bonds is 8. The summed E-state index contributed by atoms with van der Waals surface area (Å²) in [6.07, 6.45) is -0.322. The minimum absolute atomic E-state index is 0.139. The van der Waals surface area contributed by atoms with Gasteiger partial charge in [0, 0.05) is 11.6 Å². The van der Waals surface area contributed by atoms with Crippen molar-refractivity contribution >= 4 is 56.0 Å². The van der Waals surface area contributed by atoms with E-state index in [1.165, 1.54) is 23.1 Å². The summed E-state index contributed by atoms with van der Waals surface area (Å²) >= 11 is 8.81. The first kappa shape index (κ1) is 21.6. The van der Waals surface area contributed by atoms with Gasteiger partial charge in [-0.3, -0.25) is 4.79 Å². The molecule has 1 unspecified atom stereocenters. The van der Waals surface area contributed by atoms with Crippen LogP contribution in [0.2, 0.25) is 5.02 Å². The maximum Gasteiger partial charge on any atom is 0.236 e. The molecule has 4 rings (SSSR count). The number of thioether (sulfide) groups is 1. The Hall–Kier alpha value is -2.62. The monoisotopic (exact) mass is 473 g/mol. The molecule has 0 bridgehead atoms. The molecule has 0 fully saturated rings. The number of fused-ring (bicyclic) bond motifs is 1. The minimum atomic E-state index is -0.322. The first-order valence-corrected chi connectivity index (χ1v) is 11.8. The maximum atomic E-state index is 12.4. The Morgan fingerprint density at radius 3 is 2.87 bits per heavy atom. The van der Waals surface area contributed by atoms with Crippen molar-refractivity contribution in [2.24, 2.45) is 0 Å². The predicted octanol–water partition coefficient (Wildman–Crippen LogP) is 5.43. The molecule has 0 saturated carbocycles. The standard InChI is InChI=1S/C21H20ClN5O2S2/c1-3-27-19(13(2)29-15-8-6-7-14(22)11-15)25-26-21(27)30-12-18(28)24-20-23-16-9-4-5-10-17(16)31-20/h4-11,13H,3,12H2,1-2H3,(H,23,24,28). The molecule has 1 amide bonds. The molecule has 2 aromatic carbocycles. The molecular formula is C21H20ClN5O2S2. The van der Waals surface area contributed by atoms with Crippen LogP contribution in [0.1, 0.15) is 25.8 Å². The fourth-order valence-electron chi connectivity index (χ4n) is 3.01. The summed E-state index contributed by atoms with van der Waals surface area (Å²) in [5.41, 5.74) is 0.875. The summed E-state index contributed by atoms with van der Waals surface area (Å²) in [5.74, 6) is 1.42. The number of nitrogens with zero attached hydrogens (tertiary/aromatic N) is 4. The highest BCUT2D eigenvalue weighted by Gasteiger charge is 2.20. The number of carbonyl (C=O) groups excluding carboxylic acids is 1. The zero-order valence-corrected chi connectivity index (χ0v) is 19.3. The van der Waals surface area contributed by atoms with E-state index in [4.69, 9.17) is 16.3 Å². The van der Waals surface area contributed by atoms with Gasteiger partial charge in [0.1, 0.15) is 5.75 Å². The average Bonchev–Trinajstić information content (AvgIpc) is 3.35. The van der Waals surface area contributed by atoms with E-state index < -0.39 is 0 Å². The van der Waals surface area contributed by atoms with E-state index in [1.54, 1.807) is 12.1 Å². The Bertz CT molecular complexity index is 1180. The van der Waals surface area contributed by atoms with E-state index in [-0.39, 0.29) is 17.8 Å². The molecular weight excluding hydrogens is 454 g/mol. The van der Waals surface area contributed by atoms with Gasteiger partial charge in [0.2, 0.25) is 5.91 Å². The lowest BCUT2D eigenvalue weighted by Crippen LogP contribution is -2.15. The molecule has 10 heteroatoms. The fourth-order valence-corrected chi connectivity index (χ4v) is 4.88. The molecule has 0 radical (unpaired) electrons. The van der Waals surface area contributed by atoms with Crippen LogP contribution in [0.25, 0.3) is 10.2 Å². The van der Waals surface area contributed by atoms with Crippen LogP contribution in [0.5, 0.6) is 5.75 Å². The van der Waals surface area contributed by atoms with Crippen molar-refractivity contribution in [2.75, 3.05) is 11.1 Å². The summed E-state index contributed by atoms with van der Waals surface area (Å²) in [6, 6.07) is 15.0. The number of nitrogens with one attached hydrogen (secondary N) is 1. The third kappa shape index (κ3) is 5.17. The highest BCUT2D eigenvalue weighted by Crippen LogP contribution is 2.27. The molecule has 0 spiro atoms. The van der Waals surface area contributed by atoms with Gasteiger partial charge in [0.05, 0.1) is 16.0 Å². The largest absolute Gasteiger partial charge is 0.483 e. The van der Waals surface area contributed by atoms with Gasteiger partial charge in [-0.1, -0.05) is 52.9 Å². The lowest BCUT2D eigenvalue weighted by molar-refractivity contribution is -0.113. The van der Waals surface area contributed by atoms with Crippen molar-refractivity contribution in [1.82, 2.24) is 19.7 Å². The lowest BCUT2D eigenvalue weighted by atomic mass is 10.3. The second kappa shape index (κ2) is 9.67. The number of ether oxygens (including phenoxy) is 1. The first-order chi connectivity index (χ1) is 15.0. The Kier molecular flexibility index (Phi) is 6.74. The van der Waals surface area contributed by atoms with E-state index in [1.807, 2.05) is 54.8 Å². The van der Waals surface area contributed by atoms with E-state index in [0.29, 0.717) is 33.4 Å². The van der Waals surface area contributed by atoms with Gasteiger partial charge in [-0.15, -0.1) is 10.2 Å². The van der Waals surface area contributed by atoms with E-state index >= 15 is 0 Å². The van der Waals surface area contributed by atoms with Crippen LogP contribution < -0.4 is 10.1 Å². The molecule has 31 heavy (non-hydrogen) atoms. The minimum Gasteiger partial charge on any atom is -0.483 e. The summed E-state index contributed by atoms with van der Waals surface area (Å²) in [5, 5.41) is 13.3. The van der Waals surface area contributed by atoms with Crippen LogP contribution in [0.3, 0.4) is 0 Å². The number of benzene rings is 2. The number of hydrogen-bond acceptors (Lipinski definition) is 7. The number of amides is 1. The number of thiazole rings is 1. The SMILES string of the molecule is CCn1c(SCC(=O)Nc2nc3ccccc3s2)nnc1C(C)Oc1cccc(Cl)c1. The van der Waals surface area contributed by atoms with Crippen molar-refractivity contribution in [1.29, 1.82) is 0 Å². The summed E-state index contributed by atoms with van der Waals surface area (Å²) < 4.78 is 8.95. The molecule has 2 aromatic heterocycles. The Labute approximate surface area is 192 Å². The van der Waals surface area contributed by atoms with Gasteiger partial charge in [0.25, 0.3) is 0 Å². The van der Waals surface area contributed by atoms with Crippen molar-refractivity contribution in [3.05, 3.63) is 59.4 Å². The number of para-hydroxylation sites is 1. The number of anilines is 1. The molecule has 7 nitrogen and oxygen atoms in total. The third-order valence-corrected chi connectivity index (χ3v) is 6.56. The van der Waals surface area contributed by atoms with Crippen molar-refractivity contribution in [2.45, 2.75) is 31.7 Å². The predicted molar refractivity (Wildman–Crippen MR) is 125 cm³/mol. The van der Waals surface area contributed by atoms with Gasteiger partial charge >= 0.3 is 0 Å². The summed E-state index contributed by atoms with van der Waals surface area (Å²) in [6.45, 7) is 4.57. The first-order valence-electron chi connectivity index (χ1n) is 9.67. The Morgan fingerprint density at radius 2 is 2.10 bits per heavy atom. The van der Waals surface area contributed by atoms with Crippen LogP contribution in [-0.2, 0) is 11.3 Å². The van der Waals surface area contributed by atoms with Crippen LogP contribution >= 0.6 is 34.7 Å². The second-order valence-corrected chi connectivity index (χ2v) is 9.04. The van der Waals surface area contributed by atoms with Crippen LogP contribution in [0, 0.1) is 0 Å². The van der Waals surface area contributed by atoms with Crippen LogP contribution in [-0.4, -0.2) is 31.4 Å². The smallest absolute Gasteiger partial charge is 0.236 e. The molecule has 0 aliphatic heterocycles.